The van der Waals surface area contributed by atoms with Crippen LogP contribution in [0.2, 0.25) is 5.02 Å². The molecule has 3 nitrogen and oxygen atoms in total. The molecule has 4 heteroatoms. The third-order valence-electron chi connectivity index (χ3n) is 4.01. The number of ether oxygens (including phenoxy) is 1. The van der Waals surface area contributed by atoms with Gasteiger partial charge in [0.2, 0.25) is 0 Å². The Morgan fingerprint density at radius 1 is 1.32 bits per heavy atom. The summed E-state index contributed by atoms with van der Waals surface area (Å²) < 4.78 is 5.17. The Bertz CT molecular complexity index is 417. The van der Waals surface area contributed by atoms with Gasteiger partial charge in [0.05, 0.1) is 12.1 Å². The van der Waals surface area contributed by atoms with Crippen LogP contribution in [-0.2, 0) is 6.54 Å². The molecule has 0 unspecified atom stereocenters. The number of hydrogen-bond acceptors (Lipinski definition) is 3. The summed E-state index contributed by atoms with van der Waals surface area (Å²) in [6.07, 6.45) is 4.67. The minimum Gasteiger partial charge on any atom is -0.495 e. The highest BCUT2D eigenvalue weighted by atomic mass is 35.5. The second-order valence-electron chi connectivity index (χ2n) is 5.45. The van der Waals surface area contributed by atoms with E-state index in [1.807, 2.05) is 12.1 Å². The second kappa shape index (κ2) is 6.60. The summed E-state index contributed by atoms with van der Waals surface area (Å²) in [5.74, 6) is 0.733. The number of hydrogen-bond donors (Lipinski definition) is 1. The van der Waals surface area contributed by atoms with Gasteiger partial charge in [-0.2, -0.15) is 0 Å². The van der Waals surface area contributed by atoms with Crippen LogP contribution in [0.1, 0.15) is 31.2 Å². The molecule has 0 radical (unpaired) electrons. The average Bonchev–Trinajstić information content (AvgIpc) is 2.39. The van der Waals surface area contributed by atoms with Crippen LogP contribution in [0, 0.1) is 0 Å². The molecule has 0 atom stereocenters. The lowest BCUT2D eigenvalue weighted by Crippen LogP contribution is -2.38. The first-order valence-electron chi connectivity index (χ1n) is 6.88. The van der Waals surface area contributed by atoms with Gasteiger partial charge in [-0.3, -0.25) is 4.90 Å². The molecule has 1 aromatic rings. The van der Waals surface area contributed by atoms with Crippen LogP contribution in [0.3, 0.4) is 0 Å². The number of benzene rings is 1. The maximum Gasteiger partial charge on any atom is 0.137 e. The molecule has 1 fully saturated rings. The van der Waals surface area contributed by atoms with E-state index in [9.17, 15) is 0 Å². The molecule has 0 amide bonds. The summed E-state index contributed by atoms with van der Waals surface area (Å²) in [6.45, 7) is 0.920. The quantitative estimate of drug-likeness (QED) is 0.922. The van der Waals surface area contributed by atoms with E-state index >= 15 is 0 Å². The Labute approximate surface area is 120 Å². The largest absolute Gasteiger partial charge is 0.495 e. The van der Waals surface area contributed by atoms with Crippen molar-refractivity contribution in [1.29, 1.82) is 0 Å². The standard InChI is InChI=1S/C15H23ClN2O/c1-18(13-6-4-12(17)5-7-13)10-11-3-8-15(19-2)14(16)9-11/h3,8-9,12-13H,4-7,10,17H2,1-2H3. The van der Waals surface area contributed by atoms with E-state index in [-0.39, 0.29) is 0 Å². The maximum absolute atomic E-state index is 6.16. The van der Waals surface area contributed by atoms with Crippen molar-refractivity contribution in [2.24, 2.45) is 5.73 Å². The van der Waals surface area contributed by atoms with Gasteiger partial charge in [-0.1, -0.05) is 17.7 Å². The Hall–Kier alpha value is -0.770. The van der Waals surface area contributed by atoms with Crippen LogP contribution in [0.5, 0.6) is 5.75 Å². The van der Waals surface area contributed by atoms with E-state index in [1.165, 1.54) is 18.4 Å². The highest BCUT2D eigenvalue weighted by Crippen LogP contribution is 2.27. The second-order valence-corrected chi connectivity index (χ2v) is 5.86. The molecule has 0 heterocycles. The molecule has 1 aliphatic carbocycles. The minimum atomic E-state index is 0.403. The fraction of sp³-hybridized carbons (Fsp3) is 0.600. The summed E-state index contributed by atoms with van der Waals surface area (Å²) in [5.41, 5.74) is 7.18. The van der Waals surface area contributed by atoms with Crippen LogP contribution in [0.25, 0.3) is 0 Å². The van der Waals surface area contributed by atoms with E-state index in [1.54, 1.807) is 7.11 Å². The molecule has 0 spiro atoms. The highest BCUT2D eigenvalue weighted by molar-refractivity contribution is 6.32. The molecule has 2 rings (SSSR count). The van der Waals surface area contributed by atoms with Gasteiger partial charge >= 0.3 is 0 Å². The molecule has 106 valence electrons. The van der Waals surface area contributed by atoms with Crippen LogP contribution in [0.15, 0.2) is 18.2 Å². The van der Waals surface area contributed by atoms with Crippen LogP contribution in [-0.4, -0.2) is 31.1 Å². The van der Waals surface area contributed by atoms with Gasteiger partial charge in [0.15, 0.2) is 0 Å². The van der Waals surface area contributed by atoms with Crippen LogP contribution >= 0.6 is 11.6 Å². The van der Waals surface area contributed by atoms with Crippen molar-refractivity contribution in [3.05, 3.63) is 28.8 Å². The molecular formula is C15H23ClN2O. The Kier molecular flexibility index (Phi) is 5.08. The lowest BCUT2D eigenvalue weighted by molar-refractivity contribution is 0.176. The van der Waals surface area contributed by atoms with Gasteiger partial charge in [-0.25, -0.2) is 0 Å². The number of halogens is 1. The number of nitrogens with zero attached hydrogens (tertiary/aromatic N) is 1. The van der Waals surface area contributed by atoms with Gasteiger partial charge in [0, 0.05) is 18.6 Å². The molecular weight excluding hydrogens is 260 g/mol. The molecule has 0 bridgehead atoms. The zero-order valence-corrected chi connectivity index (χ0v) is 12.5. The topological polar surface area (TPSA) is 38.5 Å². The third kappa shape index (κ3) is 3.85. The molecule has 0 aromatic heterocycles. The molecule has 1 aliphatic rings. The highest BCUT2D eigenvalue weighted by Gasteiger charge is 2.21. The Balaban J connectivity index is 1.95. The summed E-state index contributed by atoms with van der Waals surface area (Å²) in [5, 5.41) is 0.680. The molecule has 19 heavy (non-hydrogen) atoms. The van der Waals surface area contributed by atoms with Crippen molar-refractivity contribution in [3.8, 4) is 5.75 Å². The molecule has 1 aromatic carbocycles. The average molecular weight is 283 g/mol. The van der Waals surface area contributed by atoms with Gasteiger partial charge in [0.1, 0.15) is 5.75 Å². The molecule has 1 saturated carbocycles. The first kappa shape index (κ1) is 14.6. The Morgan fingerprint density at radius 2 is 2.00 bits per heavy atom. The molecule has 0 aliphatic heterocycles. The Morgan fingerprint density at radius 3 is 2.58 bits per heavy atom. The van der Waals surface area contributed by atoms with Crippen molar-refractivity contribution in [2.75, 3.05) is 14.2 Å². The predicted octanol–water partition coefficient (Wildman–Crippen LogP) is 3.05. The number of methoxy groups -OCH3 is 1. The monoisotopic (exact) mass is 282 g/mol. The summed E-state index contributed by atoms with van der Waals surface area (Å²) in [6, 6.07) is 7.05. The van der Waals surface area contributed by atoms with Crippen LogP contribution < -0.4 is 10.5 Å². The SMILES string of the molecule is COc1ccc(CN(C)C2CCC(N)CC2)cc1Cl. The fourth-order valence-electron chi connectivity index (χ4n) is 2.77. The molecule has 2 N–H and O–H groups in total. The van der Waals surface area contributed by atoms with Gasteiger partial charge in [-0.15, -0.1) is 0 Å². The molecule has 0 saturated heterocycles. The smallest absolute Gasteiger partial charge is 0.137 e. The van der Waals surface area contributed by atoms with Gasteiger partial charge < -0.3 is 10.5 Å². The number of rotatable bonds is 4. The zero-order chi connectivity index (χ0) is 13.8. The zero-order valence-electron chi connectivity index (χ0n) is 11.7. The first-order chi connectivity index (χ1) is 9.10. The van der Waals surface area contributed by atoms with E-state index in [4.69, 9.17) is 22.1 Å². The lowest BCUT2D eigenvalue weighted by Gasteiger charge is -2.33. The van der Waals surface area contributed by atoms with E-state index in [2.05, 4.69) is 18.0 Å². The predicted molar refractivity (Wildman–Crippen MR) is 79.7 cm³/mol. The van der Waals surface area contributed by atoms with Crippen molar-refractivity contribution in [3.63, 3.8) is 0 Å². The lowest BCUT2D eigenvalue weighted by atomic mass is 9.91. The van der Waals surface area contributed by atoms with Crippen molar-refractivity contribution >= 4 is 11.6 Å². The normalized spacial score (nSPS) is 23.6. The third-order valence-corrected chi connectivity index (χ3v) is 4.31. The van der Waals surface area contributed by atoms with Crippen molar-refractivity contribution < 1.29 is 4.74 Å². The fourth-order valence-corrected chi connectivity index (χ4v) is 3.05. The summed E-state index contributed by atoms with van der Waals surface area (Å²) in [4.78, 5) is 2.41. The van der Waals surface area contributed by atoms with Gasteiger partial charge in [-0.05, 0) is 50.4 Å². The van der Waals surface area contributed by atoms with E-state index in [0.717, 1.165) is 25.1 Å². The first-order valence-corrected chi connectivity index (χ1v) is 7.26. The number of nitrogens with two attached hydrogens (primary N) is 1. The van der Waals surface area contributed by atoms with Crippen molar-refractivity contribution in [1.82, 2.24) is 4.90 Å². The van der Waals surface area contributed by atoms with Gasteiger partial charge in [0.25, 0.3) is 0 Å². The summed E-state index contributed by atoms with van der Waals surface area (Å²) >= 11 is 6.16. The van der Waals surface area contributed by atoms with E-state index in [0.29, 0.717) is 17.1 Å². The summed E-state index contributed by atoms with van der Waals surface area (Å²) in [7, 11) is 3.82. The van der Waals surface area contributed by atoms with E-state index < -0.39 is 0 Å². The van der Waals surface area contributed by atoms with Crippen molar-refractivity contribution in [2.45, 2.75) is 44.3 Å². The minimum absolute atomic E-state index is 0.403. The maximum atomic E-state index is 6.16. The van der Waals surface area contributed by atoms with Crippen LogP contribution in [0.4, 0.5) is 0 Å².